The Kier molecular flexibility index (Phi) is 6.03. The summed E-state index contributed by atoms with van der Waals surface area (Å²) in [5, 5.41) is 17.0. The Morgan fingerprint density at radius 2 is 2.28 bits per heavy atom. The first-order valence-corrected chi connectivity index (χ1v) is 9.67. The highest BCUT2D eigenvalue weighted by atomic mass is 16.3. The van der Waals surface area contributed by atoms with Crippen LogP contribution in [0.25, 0.3) is 10.8 Å². The Morgan fingerprint density at radius 1 is 1.52 bits per heavy atom. The van der Waals surface area contributed by atoms with Gasteiger partial charge in [-0.05, 0) is 50.1 Å². The number of allylic oxidation sites excluding steroid dienone is 1. The molecule has 1 fully saturated rings. The van der Waals surface area contributed by atoms with Crippen LogP contribution in [0.4, 0.5) is 11.6 Å². The van der Waals surface area contributed by atoms with Crippen LogP contribution in [-0.4, -0.2) is 33.0 Å². The first kappa shape index (κ1) is 20.6. The van der Waals surface area contributed by atoms with Crippen LogP contribution < -0.4 is 21.9 Å². The maximum atomic E-state index is 13.0. The van der Waals surface area contributed by atoms with E-state index in [0.717, 1.165) is 18.2 Å². The van der Waals surface area contributed by atoms with Crippen molar-refractivity contribution in [3.05, 3.63) is 53.4 Å². The summed E-state index contributed by atoms with van der Waals surface area (Å²) in [5.74, 6) is 1.97. The van der Waals surface area contributed by atoms with E-state index in [9.17, 15) is 9.90 Å². The van der Waals surface area contributed by atoms with E-state index in [2.05, 4.69) is 41.0 Å². The third-order valence-corrected chi connectivity index (χ3v) is 5.07. The Morgan fingerprint density at radius 3 is 2.90 bits per heavy atom. The molecule has 0 aliphatic heterocycles. The average Bonchev–Trinajstić information content (AvgIpc) is 3.53. The van der Waals surface area contributed by atoms with Crippen molar-refractivity contribution < 1.29 is 5.11 Å². The van der Waals surface area contributed by atoms with E-state index in [1.807, 2.05) is 6.07 Å². The third kappa shape index (κ3) is 4.65. The van der Waals surface area contributed by atoms with E-state index in [0.29, 0.717) is 28.8 Å². The van der Waals surface area contributed by atoms with Crippen molar-refractivity contribution in [1.29, 1.82) is 0 Å². The lowest BCUT2D eigenvalue weighted by Gasteiger charge is -2.28. The number of anilines is 2. The molecule has 0 unspecified atom stereocenters. The largest absolute Gasteiger partial charge is 0.402 e. The SMILES string of the molecule is C=C/C=N\C(=C/N)Nc1cc2ccn(CCO)c(=O)c2c(NC(C)(C)C2CC2)n1. The maximum absolute atomic E-state index is 13.0. The van der Waals surface area contributed by atoms with Crippen LogP contribution in [0.5, 0.6) is 0 Å². The summed E-state index contributed by atoms with van der Waals surface area (Å²) >= 11 is 0. The zero-order chi connectivity index (χ0) is 21.0. The van der Waals surface area contributed by atoms with E-state index < -0.39 is 0 Å². The van der Waals surface area contributed by atoms with E-state index in [1.54, 1.807) is 18.3 Å². The van der Waals surface area contributed by atoms with Gasteiger partial charge >= 0.3 is 0 Å². The molecule has 8 heteroatoms. The van der Waals surface area contributed by atoms with E-state index in [4.69, 9.17) is 5.73 Å². The predicted molar refractivity (Wildman–Crippen MR) is 118 cm³/mol. The van der Waals surface area contributed by atoms with E-state index in [-0.39, 0.29) is 24.2 Å². The van der Waals surface area contributed by atoms with Crippen molar-refractivity contribution in [2.45, 2.75) is 38.8 Å². The van der Waals surface area contributed by atoms with Gasteiger partial charge in [-0.3, -0.25) is 4.79 Å². The number of hydrogen-bond acceptors (Lipinski definition) is 7. The summed E-state index contributed by atoms with van der Waals surface area (Å²) in [7, 11) is 0. The first-order chi connectivity index (χ1) is 13.9. The Bertz CT molecular complexity index is 1020. The van der Waals surface area contributed by atoms with Crippen molar-refractivity contribution in [2.24, 2.45) is 16.6 Å². The van der Waals surface area contributed by atoms with Crippen LogP contribution in [-0.2, 0) is 6.54 Å². The van der Waals surface area contributed by atoms with Gasteiger partial charge in [-0.25, -0.2) is 9.98 Å². The maximum Gasteiger partial charge on any atom is 0.262 e. The normalized spacial score (nSPS) is 15.1. The topological polar surface area (TPSA) is 118 Å². The molecule has 29 heavy (non-hydrogen) atoms. The Balaban J connectivity index is 2.10. The van der Waals surface area contributed by atoms with Gasteiger partial charge < -0.3 is 26.0 Å². The quantitative estimate of drug-likeness (QED) is 0.484. The zero-order valence-corrected chi connectivity index (χ0v) is 16.9. The summed E-state index contributed by atoms with van der Waals surface area (Å²) in [6.07, 6.45) is 8.40. The molecule has 0 spiro atoms. The molecule has 3 rings (SSSR count). The minimum atomic E-state index is -0.198. The number of aliphatic hydroxyl groups is 1. The van der Waals surface area contributed by atoms with Gasteiger partial charge in [-0.1, -0.05) is 12.7 Å². The summed E-state index contributed by atoms with van der Waals surface area (Å²) in [6.45, 7) is 7.96. The minimum absolute atomic E-state index is 0.110. The lowest BCUT2D eigenvalue weighted by Crippen LogP contribution is -2.34. The molecule has 1 saturated carbocycles. The fraction of sp³-hybridized carbons (Fsp3) is 0.381. The second kappa shape index (κ2) is 8.48. The highest BCUT2D eigenvalue weighted by Crippen LogP contribution is 2.41. The third-order valence-electron chi connectivity index (χ3n) is 5.07. The van der Waals surface area contributed by atoms with Gasteiger partial charge in [0.15, 0.2) is 0 Å². The lowest BCUT2D eigenvalue weighted by atomic mass is 9.98. The van der Waals surface area contributed by atoms with Gasteiger partial charge in [0.2, 0.25) is 0 Å². The van der Waals surface area contributed by atoms with Gasteiger partial charge in [0.05, 0.1) is 12.0 Å². The number of aliphatic hydroxyl groups excluding tert-OH is 1. The van der Waals surface area contributed by atoms with Gasteiger partial charge in [0.1, 0.15) is 17.5 Å². The fourth-order valence-corrected chi connectivity index (χ4v) is 3.33. The van der Waals surface area contributed by atoms with Gasteiger partial charge in [0, 0.05) is 30.7 Å². The van der Waals surface area contributed by atoms with E-state index >= 15 is 0 Å². The highest BCUT2D eigenvalue weighted by molar-refractivity contribution is 5.93. The minimum Gasteiger partial charge on any atom is -0.402 e. The molecule has 5 N–H and O–H groups in total. The average molecular weight is 396 g/mol. The summed E-state index contributed by atoms with van der Waals surface area (Å²) < 4.78 is 1.49. The molecule has 0 saturated heterocycles. The molecular weight excluding hydrogens is 368 g/mol. The van der Waals surface area contributed by atoms with Crippen molar-refractivity contribution in [3.63, 3.8) is 0 Å². The molecule has 1 aliphatic rings. The standard InChI is InChI=1S/C21H28N6O2/c1-4-8-23-17(13-22)24-16-12-14-7-9-27(10-11-28)20(29)18(14)19(25-16)26-21(2,3)15-5-6-15/h4,7-9,12-13,15,28H,1,5-6,10-11,22H2,2-3H3,(H2,24,25,26)/b17-13+,23-8-. The smallest absolute Gasteiger partial charge is 0.262 e. The Labute approximate surface area is 169 Å². The van der Waals surface area contributed by atoms with Gasteiger partial charge in [-0.15, -0.1) is 0 Å². The lowest BCUT2D eigenvalue weighted by molar-refractivity contribution is 0.274. The molecule has 8 nitrogen and oxygen atoms in total. The van der Waals surface area contributed by atoms with E-state index in [1.165, 1.54) is 17.0 Å². The number of hydrogen-bond donors (Lipinski definition) is 4. The fourth-order valence-electron chi connectivity index (χ4n) is 3.33. The number of aromatic nitrogens is 2. The number of pyridine rings is 2. The van der Waals surface area contributed by atoms with Crippen LogP contribution in [0.2, 0.25) is 0 Å². The molecule has 1 aliphatic carbocycles. The number of nitrogens with one attached hydrogen (secondary N) is 2. The molecule has 0 radical (unpaired) electrons. The number of fused-ring (bicyclic) bond motifs is 1. The molecule has 0 bridgehead atoms. The Hall–Kier alpha value is -3.13. The first-order valence-electron chi connectivity index (χ1n) is 9.67. The highest BCUT2D eigenvalue weighted by Gasteiger charge is 2.38. The van der Waals surface area contributed by atoms with Crippen LogP contribution in [0.3, 0.4) is 0 Å². The molecule has 2 aromatic rings. The second-order valence-corrected chi connectivity index (χ2v) is 7.67. The molecule has 2 aromatic heterocycles. The number of nitrogens with two attached hydrogens (primary N) is 1. The molecule has 2 heterocycles. The van der Waals surface area contributed by atoms with Crippen LogP contribution in [0.1, 0.15) is 26.7 Å². The van der Waals surface area contributed by atoms with Crippen LogP contribution in [0.15, 0.2) is 52.8 Å². The van der Waals surface area contributed by atoms with Crippen LogP contribution >= 0.6 is 0 Å². The van der Waals surface area contributed by atoms with Crippen molar-refractivity contribution in [2.75, 3.05) is 17.2 Å². The predicted octanol–water partition coefficient (Wildman–Crippen LogP) is 2.42. The number of nitrogens with zero attached hydrogens (tertiary/aromatic N) is 3. The van der Waals surface area contributed by atoms with Crippen LogP contribution in [0, 0.1) is 5.92 Å². The molecule has 154 valence electrons. The summed E-state index contributed by atoms with van der Waals surface area (Å²) in [4.78, 5) is 21.8. The molecule has 0 amide bonds. The summed E-state index contributed by atoms with van der Waals surface area (Å²) in [6, 6.07) is 3.62. The van der Waals surface area contributed by atoms with Crippen molar-refractivity contribution in [1.82, 2.24) is 9.55 Å². The monoisotopic (exact) mass is 396 g/mol. The van der Waals surface area contributed by atoms with Gasteiger partial charge in [-0.2, -0.15) is 0 Å². The number of aliphatic imine (C=N–C) groups is 1. The zero-order valence-electron chi connectivity index (χ0n) is 16.9. The number of rotatable bonds is 9. The molecule has 0 aromatic carbocycles. The summed E-state index contributed by atoms with van der Waals surface area (Å²) in [5.41, 5.74) is 5.26. The second-order valence-electron chi connectivity index (χ2n) is 7.67. The van der Waals surface area contributed by atoms with Crippen molar-refractivity contribution in [3.8, 4) is 0 Å². The molecular formula is C21H28N6O2. The molecule has 0 atom stereocenters. The van der Waals surface area contributed by atoms with Crippen molar-refractivity contribution >= 4 is 28.6 Å². The van der Waals surface area contributed by atoms with Gasteiger partial charge in [0.25, 0.3) is 5.56 Å².